The molecule has 0 amide bonds. The van der Waals surface area contributed by atoms with Crippen molar-refractivity contribution in [3.05, 3.63) is 42.1 Å². The van der Waals surface area contributed by atoms with Crippen molar-refractivity contribution in [2.45, 2.75) is 25.7 Å². The largest absolute Gasteiger partial charge is 0.256 e. The second-order valence-electron chi connectivity index (χ2n) is 4.95. The Morgan fingerprint density at radius 2 is 2.18 bits per heavy atom. The van der Waals surface area contributed by atoms with Crippen molar-refractivity contribution in [3.63, 3.8) is 0 Å². The summed E-state index contributed by atoms with van der Waals surface area (Å²) in [4.78, 5) is 4.31. The van der Waals surface area contributed by atoms with Gasteiger partial charge in [-0.15, -0.1) is 0 Å². The molecule has 3 rings (SSSR count). The zero-order chi connectivity index (χ0) is 11.7. The van der Waals surface area contributed by atoms with Gasteiger partial charge in [-0.05, 0) is 43.0 Å². The summed E-state index contributed by atoms with van der Waals surface area (Å²) in [7, 11) is 0. The normalized spacial score (nSPS) is 17.4. The van der Waals surface area contributed by atoms with Crippen molar-refractivity contribution in [1.29, 1.82) is 5.26 Å². The standard InChI is InChI=1S/C15H14N2/c16-11-15(6-2-7-15)10-12-4-5-14-13(9-12)3-1-8-17-14/h1,3-5,8-9H,2,6-7,10H2. The van der Waals surface area contributed by atoms with E-state index in [0.29, 0.717) is 0 Å². The maximum atomic E-state index is 9.25. The number of hydrogen-bond donors (Lipinski definition) is 0. The van der Waals surface area contributed by atoms with Crippen molar-refractivity contribution < 1.29 is 0 Å². The molecule has 0 radical (unpaired) electrons. The Balaban J connectivity index is 1.94. The van der Waals surface area contributed by atoms with E-state index in [9.17, 15) is 5.26 Å². The van der Waals surface area contributed by atoms with Crippen LogP contribution in [0.25, 0.3) is 10.9 Å². The number of pyridine rings is 1. The number of aromatic nitrogens is 1. The number of nitrogens with zero attached hydrogens (tertiary/aromatic N) is 2. The Labute approximate surface area is 101 Å². The molecular formula is C15H14N2. The Morgan fingerprint density at radius 1 is 1.29 bits per heavy atom. The minimum Gasteiger partial charge on any atom is -0.256 e. The molecule has 1 aromatic heterocycles. The molecule has 0 aliphatic heterocycles. The molecule has 1 aliphatic rings. The lowest BCUT2D eigenvalue weighted by Crippen LogP contribution is -2.29. The number of nitriles is 1. The van der Waals surface area contributed by atoms with E-state index in [4.69, 9.17) is 0 Å². The van der Waals surface area contributed by atoms with Crippen molar-refractivity contribution in [3.8, 4) is 6.07 Å². The molecule has 2 aromatic rings. The summed E-state index contributed by atoms with van der Waals surface area (Å²) in [5, 5.41) is 10.4. The van der Waals surface area contributed by atoms with Gasteiger partial charge in [0, 0.05) is 11.6 Å². The van der Waals surface area contributed by atoms with Crippen LogP contribution in [0.4, 0.5) is 0 Å². The smallest absolute Gasteiger partial charge is 0.0702 e. The van der Waals surface area contributed by atoms with Crippen molar-refractivity contribution in [1.82, 2.24) is 4.98 Å². The van der Waals surface area contributed by atoms with Crippen molar-refractivity contribution in [2.75, 3.05) is 0 Å². The van der Waals surface area contributed by atoms with Crippen LogP contribution in [0.2, 0.25) is 0 Å². The molecule has 0 N–H and O–H groups in total. The van der Waals surface area contributed by atoms with Gasteiger partial charge >= 0.3 is 0 Å². The molecule has 0 atom stereocenters. The molecule has 0 bridgehead atoms. The van der Waals surface area contributed by atoms with Gasteiger partial charge in [-0.2, -0.15) is 5.26 Å². The topological polar surface area (TPSA) is 36.7 Å². The number of hydrogen-bond acceptors (Lipinski definition) is 2. The van der Waals surface area contributed by atoms with Gasteiger partial charge in [0.2, 0.25) is 0 Å². The Morgan fingerprint density at radius 3 is 2.88 bits per heavy atom. The van der Waals surface area contributed by atoms with Gasteiger partial charge in [-0.3, -0.25) is 4.98 Å². The summed E-state index contributed by atoms with van der Waals surface area (Å²) >= 11 is 0. The molecule has 17 heavy (non-hydrogen) atoms. The fraction of sp³-hybridized carbons (Fsp3) is 0.333. The highest BCUT2D eigenvalue weighted by molar-refractivity contribution is 5.78. The lowest BCUT2D eigenvalue weighted by atomic mass is 9.66. The van der Waals surface area contributed by atoms with E-state index in [2.05, 4.69) is 35.3 Å². The Hall–Kier alpha value is -1.88. The monoisotopic (exact) mass is 222 g/mol. The first-order valence-electron chi connectivity index (χ1n) is 6.06. The lowest BCUT2D eigenvalue weighted by molar-refractivity contribution is 0.214. The summed E-state index contributed by atoms with van der Waals surface area (Å²) in [5.41, 5.74) is 2.19. The first-order valence-corrected chi connectivity index (χ1v) is 6.06. The van der Waals surface area contributed by atoms with Crippen LogP contribution in [0.3, 0.4) is 0 Å². The predicted octanol–water partition coefficient (Wildman–Crippen LogP) is 3.47. The third-order valence-corrected chi connectivity index (χ3v) is 3.76. The van der Waals surface area contributed by atoms with E-state index in [-0.39, 0.29) is 5.41 Å². The van der Waals surface area contributed by atoms with E-state index in [1.165, 1.54) is 12.0 Å². The predicted molar refractivity (Wildman–Crippen MR) is 67.3 cm³/mol. The highest BCUT2D eigenvalue weighted by Gasteiger charge is 2.37. The SMILES string of the molecule is N#CC1(Cc2ccc3ncccc3c2)CCC1. The van der Waals surface area contributed by atoms with Gasteiger partial charge in [-0.25, -0.2) is 0 Å². The zero-order valence-corrected chi connectivity index (χ0v) is 9.69. The maximum absolute atomic E-state index is 9.25. The Bertz CT molecular complexity index is 591. The fourth-order valence-corrected chi connectivity index (χ4v) is 2.56. The molecule has 0 saturated heterocycles. The van der Waals surface area contributed by atoms with E-state index in [0.717, 1.165) is 30.2 Å². The molecule has 1 saturated carbocycles. The molecule has 1 fully saturated rings. The summed E-state index contributed by atoms with van der Waals surface area (Å²) in [6, 6.07) is 12.8. The molecule has 0 spiro atoms. The van der Waals surface area contributed by atoms with Gasteiger partial charge in [0.05, 0.1) is 17.0 Å². The summed E-state index contributed by atoms with van der Waals surface area (Å²) in [5.74, 6) is 0. The zero-order valence-electron chi connectivity index (χ0n) is 9.69. The molecule has 1 aromatic carbocycles. The number of benzene rings is 1. The van der Waals surface area contributed by atoms with Gasteiger partial charge in [0.1, 0.15) is 0 Å². The summed E-state index contributed by atoms with van der Waals surface area (Å²) in [6.07, 6.45) is 5.99. The van der Waals surface area contributed by atoms with Crippen LogP contribution >= 0.6 is 0 Å². The third kappa shape index (κ3) is 1.78. The van der Waals surface area contributed by atoms with E-state index >= 15 is 0 Å². The molecule has 0 unspecified atom stereocenters. The average Bonchev–Trinajstić information content (AvgIpc) is 2.34. The van der Waals surface area contributed by atoms with Crippen molar-refractivity contribution in [2.24, 2.45) is 5.41 Å². The van der Waals surface area contributed by atoms with Gasteiger partial charge < -0.3 is 0 Å². The molecule has 1 aliphatic carbocycles. The molecule has 2 heteroatoms. The van der Waals surface area contributed by atoms with Crippen LogP contribution < -0.4 is 0 Å². The van der Waals surface area contributed by atoms with Gasteiger partial charge in [0.25, 0.3) is 0 Å². The van der Waals surface area contributed by atoms with E-state index < -0.39 is 0 Å². The highest BCUT2D eigenvalue weighted by Crippen LogP contribution is 2.43. The van der Waals surface area contributed by atoms with Crippen LogP contribution in [0.15, 0.2) is 36.5 Å². The minimum absolute atomic E-state index is 0.0874. The van der Waals surface area contributed by atoms with Gasteiger partial charge in [0.15, 0.2) is 0 Å². The van der Waals surface area contributed by atoms with Gasteiger partial charge in [-0.1, -0.05) is 18.6 Å². The fourth-order valence-electron chi connectivity index (χ4n) is 2.56. The molecule has 84 valence electrons. The average molecular weight is 222 g/mol. The second-order valence-corrected chi connectivity index (χ2v) is 4.95. The first kappa shape index (κ1) is 10.3. The van der Waals surface area contributed by atoms with Crippen LogP contribution in [0, 0.1) is 16.7 Å². The van der Waals surface area contributed by atoms with Crippen molar-refractivity contribution >= 4 is 10.9 Å². The minimum atomic E-state index is -0.0874. The molecule has 2 nitrogen and oxygen atoms in total. The van der Waals surface area contributed by atoms with E-state index in [1.54, 1.807) is 0 Å². The van der Waals surface area contributed by atoms with Crippen LogP contribution in [-0.2, 0) is 6.42 Å². The summed E-state index contributed by atoms with van der Waals surface area (Å²) in [6.45, 7) is 0. The molecule has 1 heterocycles. The van der Waals surface area contributed by atoms with Crippen LogP contribution in [0.5, 0.6) is 0 Å². The summed E-state index contributed by atoms with van der Waals surface area (Å²) < 4.78 is 0. The van der Waals surface area contributed by atoms with Crippen LogP contribution in [0.1, 0.15) is 24.8 Å². The highest BCUT2D eigenvalue weighted by atomic mass is 14.6. The quantitative estimate of drug-likeness (QED) is 0.780. The number of fused-ring (bicyclic) bond motifs is 1. The first-order chi connectivity index (χ1) is 8.31. The maximum Gasteiger partial charge on any atom is 0.0702 e. The Kier molecular flexibility index (Phi) is 2.33. The second kappa shape index (κ2) is 3.85. The lowest BCUT2D eigenvalue weighted by Gasteiger charge is -2.35. The molecular weight excluding hydrogens is 208 g/mol. The van der Waals surface area contributed by atoms with Crippen LogP contribution in [-0.4, -0.2) is 4.98 Å². The van der Waals surface area contributed by atoms with E-state index in [1.807, 2.05) is 12.3 Å². The number of rotatable bonds is 2. The third-order valence-electron chi connectivity index (χ3n) is 3.76.